The minimum absolute atomic E-state index is 0.119. The second-order valence-corrected chi connectivity index (χ2v) is 8.06. The van der Waals surface area contributed by atoms with Gasteiger partial charge in [-0.15, -0.1) is 0 Å². The predicted octanol–water partition coefficient (Wildman–Crippen LogP) is 3.64. The van der Waals surface area contributed by atoms with Crippen LogP contribution in [0.3, 0.4) is 0 Å². The fourth-order valence-corrected chi connectivity index (χ4v) is 3.52. The van der Waals surface area contributed by atoms with Gasteiger partial charge in [0.1, 0.15) is 5.75 Å². The summed E-state index contributed by atoms with van der Waals surface area (Å²) in [5.74, 6) is -0.743. The molecule has 1 aliphatic heterocycles. The van der Waals surface area contributed by atoms with Crippen LogP contribution in [0.5, 0.6) is 5.75 Å². The number of aliphatic hydroxyl groups is 1. The van der Waals surface area contributed by atoms with Gasteiger partial charge >= 0.3 is 0 Å². The van der Waals surface area contributed by atoms with Crippen molar-refractivity contribution in [3.63, 3.8) is 0 Å². The summed E-state index contributed by atoms with van der Waals surface area (Å²) in [6.45, 7) is 5.63. The average molecular weight is 394 g/mol. The van der Waals surface area contributed by atoms with Gasteiger partial charge in [-0.1, -0.05) is 45.0 Å². The van der Waals surface area contributed by atoms with Gasteiger partial charge in [0.25, 0.3) is 5.91 Å². The molecule has 2 aromatic rings. The second kappa shape index (κ2) is 8.07. The van der Waals surface area contributed by atoms with E-state index in [9.17, 15) is 14.7 Å². The molecular weight excluding hydrogens is 368 g/mol. The van der Waals surface area contributed by atoms with Crippen molar-refractivity contribution in [3.8, 4) is 5.75 Å². The summed E-state index contributed by atoms with van der Waals surface area (Å²) in [5, 5.41) is 10.7. The van der Waals surface area contributed by atoms with Gasteiger partial charge in [-0.2, -0.15) is 0 Å². The first-order chi connectivity index (χ1) is 13.8. The van der Waals surface area contributed by atoms with E-state index < -0.39 is 23.1 Å². The molecule has 6 nitrogen and oxygen atoms in total. The Morgan fingerprint density at radius 3 is 2.48 bits per heavy atom. The van der Waals surface area contributed by atoms with Crippen LogP contribution >= 0.6 is 0 Å². The van der Waals surface area contributed by atoms with E-state index >= 15 is 0 Å². The van der Waals surface area contributed by atoms with Crippen molar-refractivity contribution < 1.29 is 19.4 Å². The molecule has 6 heteroatoms. The molecule has 1 aliphatic rings. The molecule has 0 saturated carbocycles. The number of hydrogen-bond donors (Lipinski definition) is 1. The van der Waals surface area contributed by atoms with E-state index in [-0.39, 0.29) is 11.4 Å². The molecule has 1 aromatic carbocycles. The van der Waals surface area contributed by atoms with Gasteiger partial charge in [-0.25, -0.2) is 0 Å². The van der Waals surface area contributed by atoms with Gasteiger partial charge in [0, 0.05) is 35.8 Å². The zero-order chi connectivity index (χ0) is 21.2. The molecule has 0 aliphatic carbocycles. The molecule has 0 saturated heterocycles. The molecule has 152 valence electrons. The molecule has 2 heterocycles. The van der Waals surface area contributed by atoms with Crippen molar-refractivity contribution in [2.24, 2.45) is 5.41 Å². The van der Waals surface area contributed by atoms with Crippen molar-refractivity contribution in [2.75, 3.05) is 13.7 Å². The van der Waals surface area contributed by atoms with Crippen LogP contribution in [0, 0.1) is 5.41 Å². The highest BCUT2D eigenvalue weighted by atomic mass is 16.5. The van der Waals surface area contributed by atoms with Gasteiger partial charge in [0.05, 0.1) is 18.7 Å². The van der Waals surface area contributed by atoms with E-state index in [1.165, 1.54) is 4.90 Å². The van der Waals surface area contributed by atoms with Gasteiger partial charge in [0.2, 0.25) is 0 Å². The number of ketones is 1. The fraction of sp³-hybridized carbons (Fsp3) is 0.348. The zero-order valence-corrected chi connectivity index (χ0v) is 17.2. The number of Topliss-reactive ketones (excluding diaryl/α,β-unsaturated/α-hetero) is 1. The van der Waals surface area contributed by atoms with E-state index in [1.54, 1.807) is 40.1 Å². The number of pyridine rings is 1. The summed E-state index contributed by atoms with van der Waals surface area (Å²) < 4.78 is 5.49. The lowest BCUT2D eigenvalue weighted by molar-refractivity contribution is -0.129. The third-order valence-electron chi connectivity index (χ3n) is 5.00. The quantitative estimate of drug-likeness (QED) is 0.809. The number of carbonyl (C=O) groups is 2. The van der Waals surface area contributed by atoms with Crippen LogP contribution in [-0.2, 0) is 16.0 Å². The molecule has 1 atom stereocenters. The second-order valence-electron chi connectivity index (χ2n) is 8.06. The highest BCUT2D eigenvalue weighted by molar-refractivity contribution is 6.10. The first-order valence-corrected chi connectivity index (χ1v) is 9.57. The Morgan fingerprint density at radius 1 is 1.17 bits per heavy atom. The molecule has 1 N–H and O–H groups in total. The molecule has 0 fully saturated rings. The molecule has 0 radical (unpaired) electrons. The number of aliphatic hydroxyl groups excluding tert-OH is 1. The molecule has 3 rings (SSSR count). The number of benzene rings is 1. The third-order valence-corrected chi connectivity index (χ3v) is 5.00. The fourth-order valence-electron chi connectivity index (χ4n) is 3.52. The average Bonchev–Trinajstić information content (AvgIpc) is 2.96. The lowest BCUT2D eigenvalue weighted by Crippen LogP contribution is -2.34. The van der Waals surface area contributed by atoms with Crippen molar-refractivity contribution >= 4 is 11.7 Å². The number of ether oxygens (including phenoxy) is 1. The lowest BCUT2D eigenvalue weighted by Gasteiger charge is -2.29. The molecule has 1 amide bonds. The van der Waals surface area contributed by atoms with Crippen LogP contribution in [-0.4, -0.2) is 40.3 Å². The van der Waals surface area contributed by atoms with E-state index in [2.05, 4.69) is 4.98 Å². The summed E-state index contributed by atoms with van der Waals surface area (Å²) in [5.41, 5.74) is 0.865. The number of aromatic nitrogens is 1. The Morgan fingerprint density at radius 2 is 1.86 bits per heavy atom. The zero-order valence-electron chi connectivity index (χ0n) is 17.2. The Hall–Kier alpha value is -3.15. The number of carbonyl (C=O) groups excluding carboxylic acids is 2. The minimum atomic E-state index is -0.749. The third kappa shape index (κ3) is 4.01. The topological polar surface area (TPSA) is 79.7 Å². The minimum Gasteiger partial charge on any atom is -0.503 e. The predicted molar refractivity (Wildman–Crippen MR) is 110 cm³/mol. The summed E-state index contributed by atoms with van der Waals surface area (Å²) in [7, 11) is 1.54. The lowest BCUT2D eigenvalue weighted by atomic mass is 9.82. The number of nitrogens with zero attached hydrogens (tertiary/aromatic N) is 2. The molecule has 0 bridgehead atoms. The Bertz CT molecular complexity index is 945. The maximum absolute atomic E-state index is 13.2. The SMILES string of the molecule is COc1ccccc1[C@@H]1C(C(=O)C(C)(C)C)=C(O)C(=O)N1CCc1ccccn1. The number of hydrogen-bond acceptors (Lipinski definition) is 5. The van der Waals surface area contributed by atoms with Gasteiger partial charge < -0.3 is 14.7 Å². The smallest absolute Gasteiger partial charge is 0.290 e. The van der Waals surface area contributed by atoms with Crippen LogP contribution in [0.1, 0.15) is 38.1 Å². The standard InChI is InChI=1S/C23H26N2O4/c1-23(2,3)21(27)18-19(16-10-5-6-11-17(16)29-4)25(22(28)20(18)26)14-12-15-9-7-8-13-24-15/h5-11,13,19,26H,12,14H2,1-4H3/t19-/m1/s1. The van der Waals surface area contributed by atoms with Gasteiger partial charge in [0.15, 0.2) is 11.5 Å². The summed E-state index contributed by atoms with van der Waals surface area (Å²) in [4.78, 5) is 32.0. The highest BCUT2D eigenvalue weighted by Crippen LogP contribution is 2.43. The Balaban J connectivity index is 2.05. The van der Waals surface area contributed by atoms with E-state index in [1.807, 2.05) is 36.4 Å². The van der Waals surface area contributed by atoms with Crippen molar-refractivity contribution in [1.29, 1.82) is 0 Å². The molecule has 0 spiro atoms. The largest absolute Gasteiger partial charge is 0.503 e. The first kappa shape index (κ1) is 20.6. The molecule has 0 unspecified atom stereocenters. The Kier molecular flexibility index (Phi) is 5.73. The summed E-state index contributed by atoms with van der Waals surface area (Å²) in [6.07, 6.45) is 2.20. The number of amides is 1. The maximum atomic E-state index is 13.2. The summed E-state index contributed by atoms with van der Waals surface area (Å²) in [6, 6.07) is 12.1. The molecule has 1 aromatic heterocycles. The van der Waals surface area contributed by atoms with Crippen LogP contribution < -0.4 is 4.74 Å². The van der Waals surface area contributed by atoms with Crippen LogP contribution in [0.4, 0.5) is 0 Å². The maximum Gasteiger partial charge on any atom is 0.290 e. The van der Waals surface area contributed by atoms with E-state index in [0.717, 1.165) is 5.69 Å². The molecule has 29 heavy (non-hydrogen) atoms. The number of methoxy groups -OCH3 is 1. The van der Waals surface area contributed by atoms with Gasteiger partial charge in [-0.3, -0.25) is 14.6 Å². The summed E-state index contributed by atoms with van der Waals surface area (Å²) >= 11 is 0. The van der Waals surface area contributed by atoms with Crippen LogP contribution in [0.2, 0.25) is 0 Å². The van der Waals surface area contributed by atoms with Crippen LogP contribution in [0.25, 0.3) is 0 Å². The first-order valence-electron chi connectivity index (χ1n) is 9.57. The van der Waals surface area contributed by atoms with E-state index in [4.69, 9.17) is 4.74 Å². The van der Waals surface area contributed by atoms with E-state index in [0.29, 0.717) is 24.3 Å². The van der Waals surface area contributed by atoms with Crippen molar-refractivity contribution in [3.05, 3.63) is 71.3 Å². The molecular formula is C23H26N2O4. The van der Waals surface area contributed by atoms with Crippen LogP contribution in [0.15, 0.2) is 60.0 Å². The normalized spacial score (nSPS) is 17.0. The van der Waals surface area contributed by atoms with Crippen molar-refractivity contribution in [2.45, 2.75) is 33.2 Å². The van der Waals surface area contributed by atoms with Crippen molar-refractivity contribution in [1.82, 2.24) is 9.88 Å². The number of para-hydroxylation sites is 1. The monoisotopic (exact) mass is 394 g/mol. The number of rotatable bonds is 6. The highest BCUT2D eigenvalue weighted by Gasteiger charge is 2.46. The Labute approximate surface area is 170 Å². The van der Waals surface area contributed by atoms with Gasteiger partial charge in [-0.05, 0) is 18.2 Å².